The van der Waals surface area contributed by atoms with E-state index < -0.39 is 10.0 Å². The molecule has 9 nitrogen and oxygen atoms in total. The van der Waals surface area contributed by atoms with Gasteiger partial charge in [0.15, 0.2) is 5.65 Å². The monoisotopic (exact) mass is 512 g/mol. The second kappa shape index (κ2) is 10.1. The molecule has 5 rings (SSSR count). The number of anilines is 3. The molecule has 4 aromatic rings. The van der Waals surface area contributed by atoms with Gasteiger partial charge in [-0.1, -0.05) is 36.9 Å². The van der Waals surface area contributed by atoms with E-state index in [1.807, 2.05) is 0 Å². The molecule has 0 amide bonds. The highest BCUT2D eigenvalue weighted by Gasteiger charge is 2.18. The molecule has 182 valence electrons. The van der Waals surface area contributed by atoms with E-state index in [0.29, 0.717) is 51.9 Å². The smallest absolute Gasteiger partial charge is 0.261 e. The van der Waals surface area contributed by atoms with Crippen LogP contribution in [0.1, 0.15) is 32.1 Å². The van der Waals surface area contributed by atoms with Crippen LogP contribution < -0.4 is 14.8 Å². The number of H-pyrrole nitrogens is 1. The van der Waals surface area contributed by atoms with E-state index in [0.717, 1.165) is 0 Å². The van der Waals surface area contributed by atoms with Crippen molar-refractivity contribution in [1.82, 2.24) is 19.9 Å². The Kier molecular flexibility index (Phi) is 6.74. The van der Waals surface area contributed by atoms with E-state index in [1.165, 1.54) is 44.2 Å². The lowest BCUT2D eigenvalue weighted by Gasteiger charge is -2.21. The molecule has 1 fully saturated rings. The SMILES string of the molecule is O=S(=O)(Nc1cccc(Cl)c1)c1ccc(Nc2nc(OCC3CCCCC3)c3[nH]cnc3n2)cc1. The summed E-state index contributed by atoms with van der Waals surface area (Å²) in [5, 5.41) is 3.56. The van der Waals surface area contributed by atoms with Gasteiger partial charge < -0.3 is 15.0 Å². The lowest BCUT2D eigenvalue weighted by Crippen LogP contribution is -2.16. The number of hydrogen-bond acceptors (Lipinski definition) is 7. The van der Waals surface area contributed by atoms with E-state index in [-0.39, 0.29) is 4.90 Å². The Labute approximate surface area is 208 Å². The highest BCUT2D eigenvalue weighted by Crippen LogP contribution is 2.28. The average Bonchev–Trinajstić information content (AvgIpc) is 3.32. The van der Waals surface area contributed by atoms with Gasteiger partial charge in [0.25, 0.3) is 10.0 Å². The Morgan fingerprint density at radius 1 is 1.03 bits per heavy atom. The average molecular weight is 513 g/mol. The largest absolute Gasteiger partial charge is 0.476 e. The molecule has 1 aliphatic carbocycles. The number of sulfonamides is 1. The summed E-state index contributed by atoms with van der Waals surface area (Å²) in [5.41, 5.74) is 2.16. The zero-order valence-electron chi connectivity index (χ0n) is 18.9. The molecule has 3 N–H and O–H groups in total. The molecule has 2 aromatic heterocycles. The van der Waals surface area contributed by atoms with E-state index >= 15 is 0 Å². The minimum Gasteiger partial charge on any atom is -0.476 e. The molecule has 0 saturated heterocycles. The van der Waals surface area contributed by atoms with E-state index in [2.05, 4.69) is 30.0 Å². The molecule has 1 aliphatic rings. The first-order valence-electron chi connectivity index (χ1n) is 11.5. The molecule has 2 heterocycles. The number of aromatic amines is 1. The Bertz CT molecular complexity index is 1420. The fraction of sp³-hybridized carbons (Fsp3) is 0.292. The van der Waals surface area contributed by atoms with Crippen LogP contribution in [0.15, 0.2) is 59.8 Å². The van der Waals surface area contributed by atoms with Crippen LogP contribution >= 0.6 is 11.6 Å². The van der Waals surface area contributed by atoms with Crippen LogP contribution in [-0.4, -0.2) is 35.0 Å². The van der Waals surface area contributed by atoms with E-state index in [1.54, 1.807) is 42.7 Å². The van der Waals surface area contributed by atoms with Crippen LogP contribution in [0, 0.1) is 5.92 Å². The number of ether oxygens (including phenoxy) is 1. The Balaban J connectivity index is 1.30. The molecular weight excluding hydrogens is 488 g/mol. The van der Waals surface area contributed by atoms with Crippen molar-refractivity contribution >= 4 is 50.1 Å². The van der Waals surface area contributed by atoms with Crippen LogP contribution in [0.4, 0.5) is 17.3 Å². The lowest BCUT2D eigenvalue weighted by atomic mass is 9.90. The van der Waals surface area contributed by atoms with Crippen molar-refractivity contribution in [1.29, 1.82) is 0 Å². The van der Waals surface area contributed by atoms with Crippen molar-refractivity contribution in [2.75, 3.05) is 16.6 Å². The Morgan fingerprint density at radius 3 is 2.60 bits per heavy atom. The molecule has 0 aliphatic heterocycles. The second-order valence-electron chi connectivity index (χ2n) is 8.53. The van der Waals surface area contributed by atoms with Gasteiger partial charge in [0, 0.05) is 10.7 Å². The van der Waals surface area contributed by atoms with Crippen LogP contribution in [0.25, 0.3) is 11.2 Å². The summed E-state index contributed by atoms with van der Waals surface area (Å²) >= 11 is 5.95. The number of nitrogens with one attached hydrogen (secondary N) is 3. The molecule has 0 radical (unpaired) electrons. The summed E-state index contributed by atoms with van der Waals surface area (Å²) in [6.07, 6.45) is 7.67. The van der Waals surface area contributed by atoms with Gasteiger partial charge in [0.2, 0.25) is 11.8 Å². The van der Waals surface area contributed by atoms with Crippen LogP contribution in [0.3, 0.4) is 0 Å². The van der Waals surface area contributed by atoms with Crippen molar-refractivity contribution in [2.45, 2.75) is 37.0 Å². The number of aromatic nitrogens is 4. The van der Waals surface area contributed by atoms with Gasteiger partial charge >= 0.3 is 0 Å². The first-order chi connectivity index (χ1) is 17.0. The normalized spacial score (nSPS) is 14.7. The summed E-state index contributed by atoms with van der Waals surface area (Å²) in [5.74, 6) is 1.30. The highest BCUT2D eigenvalue weighted by atomic mass is 35.5. The summed E-state index contributed by atoms with van der Waals surface area (Å²) in [6.45, 7) is 0.608. The fourth-order valence-electron chi connectivity index (χ4n) is 4.13. The maximum absolute atomic E-state index is 12.7. The lowest BCUT2D eigenvalue weighted by molar-refractivity contribution is 0.205. The first-order valence-corrected chi connectivity index (χ1v) is 13.3. The van der Waals surface area contributed by atoms with Gasteiger partial charge in [-0.05, 0) is 61.2 Å². The number of fused-ring (bicyclic) bond motifs is 1. The standard InChI is InChI=1S/C24H25ClN6O3S/c25-17-7-4-8-19(13-17)31-35(32,33)20-11-9-18(10-12-20)28-24-29-22-21(26-15-27-22)23(30-24)34-14-16-5-2-1-3-6-16/h4,7-13,15-16,31H,1-3,5-6,14H2,(H2,26,27,28,29,30). The van der Waals surface area contributed by atoms with E-state index in [9.17, 15) is 8.42 Å². The molecule has 0 unspecified atom stereocenters. The molecule has 35 heavy (non-hydrogen) atoms. The second-order valence-corrected chi connectivity index (χ2v) is 10.7. The third-order valence-electron chi connectivity index (χ3n) is 5.93. The van der Waals surface area contributed by atoms with E-state index in [4.69, 9.17) is 16.3 Å². The highest BCUT2D eigenvalue weighted by molar-refractivity contribution is 7.92. The molecule has 11 heteroatoms. The van der Waals surface area contributed by atoms with Crippen molar-refractivity contribution < 1.29 is 13.2 Å². The first kappa shape index (κ1) is 23.4. The van der Waals surface area contributed by atoms with Crippen molar-refractivity contribution in [3.63, 3.8) is 0 Å². The van der Waals surface area contributed by atoms with Gasteiger partial charge in [0.05, 0.1) is 23.5 Å². The maximum atomic E-state index is 12.7. The number of benzene rings is 2. The predicted octanol–water partition coefficient (Wildman–Crippen LogP) is 5.51. The number of hydrogen-bond donors (Lipinski definition) is 3. The van der Waals surface area contributed by atoms with Crippen LogP contribution in [0.5, 0.6) is 5.88 Å². The quantitative estimate of drug-likeness (QED) is 0.284. The third-order valence-corrected chi connectivity index (χ3v) is 7.56. The topological polar surface area (TPSA) is 122 Å². The molecule has 0 atom stereocenters. The van der Waals surface area contributed by atoms with Crippen molar-refractivity contribution in [2.24, 2.45) is 5.92 Å². The van der Waals surface area contributed by atoms with Gasteiger partial charge in [-0.2, -0.15) is 9.97 Å². The minimum absolute atomic E-state index is 0.114. The summed E-state index contributed by atoms with van der Waals surface area (Å²) in [4.78, 5) is 16.4. The maximum Gasteiger partial charge on any atom is 0.261 e. The molecule has 0 spiro atoms. The van der Waals surface area contributed by atoms with Crippen LogP contribution in [-0.2, 0) is 10.0 Å². The van der Waals surface area contributed by atoms with Gasteiger partial charge in [-0.25, -0.2) is 13.4 Å². The van der Waals surface area contributed by atoms with Gasteiger partial charge in [0.1, 0.15) is 5.52 Å². The molecule has 1 saturated carbocycles. The zero-order chi connectivity index (χ0) is 24.3. The fourth-order valence-corrected chi connectivity index (χ4v) is 5.37. The van der Waals surface area contributed by atoms with Crippen molar-refractivity contribution in [3.8, 4) is 5.88 Å². The zero-order valence-corrected chi connectivity index (χ0v) is 20.4. The number of imidazole rings is 1. The predicted molar refractivity (Wildman–Crippen MR) is 136 cm³/mol. The minimum atomic E-state index is -3.77. The molecule has 0 bridgehead atoms. The van der Waals surface area contributed by atoms with Gasteiger partial charge in [-0.3, -0.25) is 4.72 Å². The Hall–Kier alpha value is -3.37. The summed E-state index contributed by atoms with van der Waals surface area (Å²) < 4.78 is 34.0. The number of rotatable bonds is 8. The number of halogens is 1. The van der Waals surface area contributed by atoms with Gasteiger partial charge in [-0.15, -0.1) is 0 Å². The summed E-state index contributed by atoms with van der Waals surface area (Å²) in [7, 11) is -3.77. The third kappa shape index (κ3) is 5.66. The number of nitrogens with zero attached hydrogens (tertiary/aromatic N) is 3. The Morgan fingerprint density at radius 2 is 1.83 bits per heavy atom. The summed E-state index contributed by atoms with van der Waals surface area (Å²) in [6, 6.07) is 12.8. The van der Waals surface area contributed by atoms with Crippen LogP contribution in [0.2, 0.25) is 5.02 Å². The van der Waals surface area contributed by atoms with Crippen molar-refractivity contribution in [3.05, 3.63) is 59.9 Å². The molecular formula is C24H25ClN6O3S. The molecule has 2 aromatic carbocycles.